The first-order valence-corrected chi connectivity index (χ1v) is 9.75. The number of thiophene rings is 1. The normalized spacial score (nSPS) is 11.7. The van der Waals surface area contributed by atoms with Crippen molar-refractivity contribution in [1.82, 2.24) is 0 Å². The van der Waals surface area contributed by atoms with E-state index in [9.17, 15) is 31.4 Å². The highest BCUT2D eigenvalue weighted by Gasteiger charge is 2.32. The van der Waals surface area contributed by atoms with Gasteiger partial charge in [-0.3, -0.25) is 0 Å². The highest BCUT2D eigenvalue weighted by molar-refractivity contribution is 8.00. The number of hydrogen-bond acceptors (Lipinski definition) is 3. The van der Waals surface area contributed by atoms with Crippen LogP contribution in [0, 0.1) is 34.9 Å². The number of aromatic hydroxyl groups is 1. The first-order chi connectivity index (χ1) is 13.3. The molecule has 0 aliphatic rings. The molecule has 0 unspecified atom stereocenters. The van der Waals surface area contributed by atoms with Gasteiger partial charge in [0.15, 0.2) is 34.8 Å². The molecule has 0 aliphatic heterocycles. The van der Waals surface area contributed by atoms with Crippen LogP contribution in [0.4, 0.5) is 26.3 Å². The molecule has 0 bridgehead atoms. The van der Waals surface area contributed by atoms with Crippen LogP contribution in [0.1, 0.15) is 0 Å². The monoisotopic (exact) mass is 430 g/mol. The van der Waals surface area contributed by atoms with Crippen molar-refractivity contribution in [3.8, 4) is 16.9 Å². The molecule has 0 aliphatic carbocycles. The SMILES string of the molecule is CSc1sc2ccccc2c1-c1c(O)c(F)c(F)c2c(F)c(F)c(F)c(F)c12. The summed E-state index contributed by atoms with van der Waals surface area (Å²) < 4.78 is 86.3. The summed E-state index contributed by atoms with van der Waals surface area (Å²) in [5.74, 6) is -13.6. The lowest BCUT2D eigenvalue weighted by atomic mass is 9.94. The molecule has 4 rings (SSSR count). The minimum atomic E-state index is -2.26. The van der Waals surface area contributed by atoms with E-state index in [-0.39, 0.29) is 5.56 Å². The third kappa shape index (κ3) is 2.42. The predicted octanol–water partition coefficient (Wildman–Crippen LogP) is 6.98. The Morgan fingerprint density at radius 2 is 1.32 bits per heavy atom. The van der Waals surface area contributed by atoms with Gasteiger partial charge < -0.3 is 5.11 Å². The number of phenols is 1. The quantitative estimate of drug-likeness (QED) is 0.160. The van der Waals surface area contributed by atoms with Gasteiger partial charge in [-0.15, -0.1) is 23.1 Å². The molecule has 1 aromatic heterocycles. The average molecular weight is 430 g/mol. The lowest BCUT2D eigenvalue weighted by Crippen LogP contribution is -2.04. The molecule has 0 saturated heterocycles. The first kappa shape index (κ1) is 18.9. The van der Waals surface area contributed by atoms with E-state index in [1.807, 2.05) is 0 Å². The summed E-state index contributed by atoms with van der Waals surface area (Å²) >= 11 is 2.38. The predicted molar refractivity (Wildman–Crippen MR) is 98.0 cm³/mol. The van der Waals surface area contributed by atoms with E-state index in [1.54, 1.807) is 30.5 Å². The summed E-state index contributed by atoms with van der Waals surface area (Å²) in [5.41, 5.74) is -0.551. The van der Waals surface area contributed by atoms with Crippen LogP contribution >= 0.6 is 23.1 Å². The fourth-order valence-electron chi connectivity index (χ4n) is 3.16. The molecular weight excluding hydrogens is 422 g/mol. The Morgan fingerprint density at radius 1 is 0.750 bits per heavy atom. The van der Waals surface area contributed by atoms with Gasteiger partial charge in [0, 0.05) is 26.6 Å². The molecule has 0 spiro atoms. The summed E-state index contributed by atoms with van der Waals surface area (Å²) in [6.45, 7) is 0. The van der Waals surface area contributed by atoms with Crippen LogP contribution in [0.25, 0.3) is 32.0 Å². The van der Waals surface area contributed by atoms with Gasteiger partial charge in [0.25, 0.3) is 0 Å². The Labute approximate surface area is 162 Å². The maximum atomic E-state index is 14.6. The van der Waals surface area contributed by atoms with Crippen molar-refractivity contribution in [2.24, 2.45) is 0 Å². The minimum Gasteiger partial charge on any atom is -0.504 e. The van der Waals surface area contributed by atoms with Crippen molar-refractivity contribution < 1.29 is 31.4 Å². The molecule has 0 fully saturated rings. The van der Waals surface area contributed by atoms with Crippen LogP contribution in [0.5, 0.6) is 5.75 Å². The van der Waals surface area contributed by atoms with Gasteiger partial charge in [-0.2, -0.15) is 4.39 Å². The molecule has 144 valence electrons. The number of hydrogen-bond donors (Lipinski definition) is 1. The smallest absolute Gasteiger partial charge is 0.201 e. The molecule has 4 aromatic rings. The minimum absolute atomic E-state index is 0.0822. The Balaban J connectivity index is 2.34. The van der Waals surface area contributed by atoms with Crippen LogP contribution in [-0.2, 0) is 0 Å². The molecule has 3 aromatic carbocycles. The Morgan fingerprint density at radius 3 is 1.96 bits per heavy atom. The maximum absolute atomic E-state index is 14.6. The fraction of sp³-hybridized carbons (Fsp3) is 0.0526. The summed E-state index contributed by atoms with van der Waals surface area (Å²) in [4.78, 5) is 0. The van der Waals surface area contributed by atoms with E-state index < -0.39 is 57.0 Å². The van der Waals surface area contributed by atoms with E-state index in [4.69, 9.17) is 0 Å². The van der Waals surface area contributed by atoms with Crippen molar-refractivity contribution in [1.29, 1.82) is 0 Å². The number of halogens is 6. The van der Waals surface area contributed by atoms with Crippen molar-refractivity contribution in [3.63, 3.8) is 0 Å². The van der Waals surface area contributed by atoms with Gasteiger partial charge in [0.1, 0.15) is 0 Å². The first-order valence-electron chi connectivity index (χ1n) is 7.71. The fourth-order valence-corrected chi connectivity index (χ4v) is 5.12. The van der Waals surface area contributed by atoms with Crippen molar-refractivity contribution in [3.05, 3.63) is 59.2 Å². The molecule has 28 heavy (non-hydrogen) atoms. The van der Waals surface area contributed by atoms with Gasteiger partial charge in [-0.1, -0.05) is 18.2 Å². The lowest BCUT2D eigenvalue weighted by molar-refractivity contribution is 0.401. The second-order valence-electron chi connectivity index (χ2n) is 5.82. The number of fused-ring (bicyclic) bond motifs is 2. The molecular formula is C19H8F6OS2. The zero-order valence-corrected chi connectivity index (χ0v) is 15.5. The van der Waals surface area contributed by atoms with Gasteiger partial charge in [0.2, 0.25) is 5.82 Å². The standard InChI is InChI=1S/C19H8F6OS2/c1-27-19-8(6-4-2-3-5-7(6)28-19)10-9-11(14(22)17(25)18(10)26)13(21)16(24)15(23)12(9)20/h2-5,26H,1H3. The summed E-state index contributed by atoms with van der Waals surface area (Å²) in [6.07, 6.45) is 1.66. The van der Waals surface area contributed by atoms with Gasteiger partial charge in [-0.05, 0) is 12.3 Å². The second kappa shape index (κ2) is 6.59. The van der Waals surface area contributed by atoms with Crippen LogP contribution < -0.4 is 0 Å². The second-order valence-corrected chi connectivity index (χ2v) is 7.95. The van der Waals surface area contributed by atoms with Gasteiger partial charge >= 0.3 is 0 Å². The molecule has 1 nitrogen and oxygen atoms in total. The highest BCUT2D eigenvalue weighted by atomic mass is 32.2. The number of phenolic OH excluding ortho intramolecular Hbond substituents is 1. The Kier molecular flexibility index (Phi) is 4.46. The largest absolute Gasteiger partial charge is 0.504 e. The summed E-state index contributed by atoms with van der Waals surface area (Å²) in [5, 5.41) is 8.25. The molecule has 0 saturated carbocycles. The zero-order chi connectivity index (χ0) is 20.3. The van der Waals surface area contributed by atoms with E-state index in [2.05, 4.69) is 0 Å². The number of benzene rings is 3. The topological polar surface area (TPSA) is 20.2 Å². The summed E-state index contributed by atoms with van der Waals surface area (Å²) in [6, 6.07) is 6.63. The molecule has 0 amide bonds. The molecule has 1 N–H and O–H groups in total. The average Bonchev–Trinajstić information content (AvgIpc) is 3.07. The van der Waals surface area contributed by atoms with E-state index >= 15 is 0 Å². The maximum Gasteiger partial charge on any atom is 0.201 e. The Hall–Kier alpha value is -2.39. The van der Waals surface area contributed by atoms with Crippen LogP contribution in [-0.4, -0.2) is 11.4 Å². The molecule has 9 heteroatoms. The highest BCUT2D eigenvalue weighted by Crippen LogP contribution is 2.51. The van der Waals surface area contributed by atoms with Gasteiger partial charge in [-0.25, -0.2) is 22.0 Å². The third-order valence-corrected chi connectivity index (χ3v) is 6.66. The Bertz CT molecular complexity index is 1270. The number of rotatable bonds is 2. The van der Waals surface area contributed by atoms with Crippen molar-refractivity contribution in [2.75, 3.05) is 6.26 Å². The lowest BCUT2D eigenvalue weighted by Gasteiger charge is -2.15. The van der Waals surface area contributed by atoms with Gasteiger partial charge in [0.05, 0.1) is 9.60 Å². The van der Waals surface area contributed by atoms with Crippen LogP contribution in [0.15, 0.2) is 28.5 Å². The van der Waals surface area contributed by atoms with E-state index in [0.717, 1.165) is 0 Å². The van der Waals surface area contributed by atoms with E-state index in [1.165, 1.54) is 23.1 Å². The molecule has 0 atom stereocenters. The van der Waals surface area contributed by atoms with Crippen LogP contribution in [0.3, 0.4) is 0 Å². The summed E-state index contributed by atoms with van der Waals surface area (Å²) in [7, 11) is 0. The van der Waals surface area contributed by atoms with E-state index in [0.29, 0.717) is 14.3 Å². The third-order valence-electron chi connectivity index (χ3n) is 4.37. The molecule has 0 radical (unpaired) electrons. The molecule has 1 heterocycles. The zero-order valence-electron chi connectivity index (χ0n) is 13.8. The van der Waals surface area contributed by atoms with Crippen molar-refractivity contribution in [2.45, 2.75) is 4.21 Å². The van der Waals surface area contributed by atoms with Crippen molar-refractivity contribution >= 4 is 44.0 Å². The van der Waals surface area contributed by atoms with Crippen LogP contribution in [0.2, 0.25) is 0 Å². The number of thioether (sulfide) groups is 1.